The van der Waals surface area contributed by atoms with Gasteiger partial charge in [-0.2, -0.15) is 8.42 Å². The van der Waals surface area contributed by atoms with Crippen molar-refractivity contribution in [1.29, 1.82) is 0 Å². The SMILES string of the molecule is O=S(=O)(O)O.[Ir]. The monoisotopic (exact) mass is 291 g/mol. The minimum Gasteiger partial charge on any atom is -0.264 e. The van der Waals surface area contributed by atoms with E-state index in [4.69, 9.17) is 17.5 Å². The van der Waals surface area contributed by atoms with Gasteiger partial charge in [-0.05, 0) is 0 Å². The summed E-state index contributed by atoms with van der Waals surface area (Å²) in [5.74, 6) is 0. The molecule has 41 valence electrons. The Kier molecular flexibility index (Phi) is 4.30. The number of hydrogen-bond donors (Lipinski definition) is 2. The second-order valence-corrected chi connectivity index (χ2v) is 1.34. The van der Waals surface area contributed by atoms with E-state index < -0.39 is 10.4 Å². The summed E-state index contributed by atoms with van der Waals surface area (Å²) in [5, 5.41) is 0. The van der Waals surface area contributed by atoms with Crippen molar-refractivity contribution in [3.8, 4) is 0 Å². The van der Waals surface area contributed by atoms with Gasteiger partial charge in [0, 0.05) is 20.1 Å². The van der Waals surface area contributed by atoms with Crippen molar-refractivity contribution in [2.24, 2.45) is 0 Å². The Bertz CT molecular complexity index is 90.7. The molecule has 0 aliphatic rings. The summed E-state index contributed by atoms with van der Waals surface area (Å²) in [6.45, 7) is 0. The Morgan fingerprint density at radius 1 is 1.17 bits per heavy atom. The molecule has 0 saturated heterocycles. The fraction of sp³-hybridized carbons (Fsp3) is 0. The maximum atomic E-state index is 8.74. The molecular weight excluding hydrogens is 288 g/mol. The summed E-state index contributed by atoms with van der Waals surface area (Å²) in [7, 11) is -4.67. The molecule has 0 unspecified atom stereocenters. The van der Waals surface area contributed by atoms with E-state index in [1.165, 1.54) is 0 Å². The average Bonchev–Trinajstić information content (AvgIpc) is 0.722. The molecule has 0 amide bonds. The van der Waals surface area contributed by atoms with Gasteiger partial charge in [0.15, 0.2) is 0 Å². The van der Waals surface area contributed by atoms with E-state index in [0.29, 0.717) is 0 Å². The predicted molar refractivity (Wildman–Crippen MR) is 14.2 cm³/mol. The van der Waals surface area contributed by atoms with E-state index in [0.717, 1.165) is 0 Å². The second kappa shape index (κ2) is 2.65. The van der Waals surface area contributed by atoms with Crippen molar-refractivity contribution in [2.75, 3.05) is 0 Å². The van der Waals surface area contributed by atoms with Gasteiger partial charge in [-0.25, -0.2) is 0 Å². The smallest absolute Gasteiger partial charge is 0.264 e. The van der Waals surface area contributed by atoms with Crippen molar-refractivity contribution in [2.45, 2.75) is 0 Å². The summed E-state index contributed by atoms with van der Waals surface area (Å²) >= 11 is 0. The molecule has 0 aromatic heterocycles. The minimum absolute atomic E-state index is 0. The molecule has 0 fully saturated rings. The summed E-state index contributed by atoms with van der Waals surface area (Å²) in [6, 6.07) is 0. The number of rotatable bonds is 0. The van der Waals surface area contributed by atoms with Crippen LogP contribution in [-0.2, 0) is 30.5 Å². The van der Waals surface area contributed by atoms with Crippen LogP contribution in [0.4, 0.5) is 0 Å². The molecule has 0 aromatic rings. The first-order chi connectivity index (χ1) is 2.00. The number of hydrogen-bond acceptors (Lipinski definition) is 2. The molecule has 1 radical (unpaired) electrons. The van der Waals surface area contributed by atoms with Crippen LogP contribution >= 0.6 is 0 Å². The maximum Gasteiger partial charge on any atom is 0.394 e. The zero-order chi connectivity index (χ0) is 4.50. The second-order valence-electron chi connectivity index (χ2n) is 0.448. The maximum absolute atomic E-state index is 8.74. The largest absolute Gasteiger partial charge is 0.394 e. The summed E-state index contributed by atoms with van der Waals surface area (Å²) < 4.78 is 31.6. The van der Waals surface area contributed by atoms with E-state index in [1.54, 1.807) is 0 Å². The summed E-state index contributed by atoms with van der Waals surface area (Å²) in [6.07, 6.45) is 0. The minimum atomic E-state index is -4.67. The molecule has 0 bridgehead atoms. The van der Waals surface area contributed by atoms with Gasteiger partial charge in [0.2, 0.25) is 0 Å². The van der Waals surface area contributed by atoms with Crippen LogP contribution in [-0.4, -0.2) is 17.5 Å². The molecule has 4 nitrogen and oxygen atoms in total. The third-order valence-corrected chi connectivity index (χ3v) is 0. The quantitative estimate of drug-likeness (QED) is 0.581. The average molecular weight is 290 g/mol. The van der Waals surface area contributed by atoms with Crippen LogP contribution in [0, 0.1) is 0 Å². The van der Waals surface area contributed by atoms with Crippen LogP contribution in [0.25, 0.3) is 0 Å². The van der Waals surface area contributed by atoms with Gasteiger partial charge in [-0.15, -0.1) is 0 Å². The Balaban J connectivity index is 0. The molecular formula is H2IrO4S. The molecule has 0 aliphatic carbocycles. The van der Waals surface area contributed by atoms with Crippen LogP contribution in [0.5, 0.6) is 0 Å². The summed E-state index contributed by atoms with van der Waals surface area (Å²) in [4.78, 5) is 0. The van der Waals surface area contributed by atoms with Crippen molar-refractivity contribution >= 4 is 10.4 Å². The van der Waals surface area contributed by atoms with Crippen LogP contribution in [0.1, 0.15) is 0 Å². The van der Waals surface area contributed by atoms with E-state index in [2.05, 4.69) is 0 Å². The first-order valence-corrected chi connectivity index (χ1v) is 2.10. The van der Waals surface area contributed by atoms with Gasteiger partial charge < -0.3 is 0 Å². The predicted octanol–water partition coefficient (Wildman–Crippen LogP) is -0.655. The van der Waals surface area contributed by atoms with Gasteiger partial charge in [0.05, 0.1) is 0 Å². The van der Waals surface area contributed by atoms with Gasteiger partial charge in [-0.3, -0.25) is 9.11 Å². The Labute approximate surface area is 48.5 Å². The fourth-order valence-corrected chi connectivity index (χ4v) is 0. The first kappa shape index (κ1) is 9.72. The normalized spacial score (nSPS) is 9.67. The molecule has 0 aromatic carbocycles. The van der Waals surface area contributed by atoms with Gasteiger partial charge in [-0.1, -0.05) is 0 Å². The Morgan fingerprint density at radius 2 is 1.17 bits per heavy atom. The molecule has 0 aliphatic heterocycles. The van der Waals surface area contributed by atoms with Gasteiger partial charge in [0.25, 0.3) is 0 Å². The molecule has 0 rings (SSSR count). The first-order valence-electron chi connectivity index (χ1n) is 0.698. The van der Waals surface area contributed by atoms with Crippen LogP contribution in [0.2, 0.25) is 0 Å². The van der Waals surface area contributed by atoms with Crippen molar-refractivity contribution < 1.29 is 37.6 Å². The topological polar surface area (TPSA) is 74.6 Å². The third kappa shape index (κ3) is 208. The zero-order valence-corrected chi connectivity index (χ0v) is 5.66. The zero-order valence-electron chi connectivity index (χ0n) is 2.45. The fourth-order valence-electron chi connectivity index (χ4n) is 0. The molecule has 0 saturated carbocycles. The summed E-state index contributed by atoms with van der Waals surface area (Å²) in [5.41, 5.74) is 0. The Hall–Kier alpha value is 0.519. The van der Waals surface area contributed by atoms with Crippen molar-refractivity contribution in [1.82, 2.24) is 0 Å². The molecule has 0 heterocycles. The van der Waals surface area contributed by atoms with E-state index in [-0.39, 0.29) is 20.1 Å². The molecule has 0 spiro atoms. The molecule has 6 heavy (non-hydrogen) atoms. The van der Waals surface area contributed by atoms with Crippen molar-refractivity contribution in [3.05, 3.63) is 0 Å². The van der Waals surface area contributed by atoms with E-state index >= 15 is 0 Å². The third-order valence-electron chi connectivity index (χ3n) is 0. The molecule has 0 atom stereocenters. The van der Waals surface area contributed by atoms with Gasteiger partial charge >= 0.3 is 10.4 Å². The van der Waals surface area contributed by atoms with Crippen molar-refractivity contribution in [3.63, 3.8) is 0 Å². The Morgan fingerprint density at radius 3 is 1.17 bits per heavy atom. The van der Waals surface area contributed by atoms with Crippen LogP contribution in [0.3, 0.4) is 0 Å². The van der Waals surface area contributed by atoms with E-state index in [1.807, 2.05) is 0 Å². The van der Waals surface area contributed by atoms with Gasteiger partial charge in [0.1, 0.15) is 0 Å². The molecule has 2 N–H and O–H groups in total. The van der Waals surface area contributed by atoms with Crippen LogP contribution in [0.15, 0.2) is 0 Å². The molecule has 6 heteroatoms. The van der Waals surface area contributed by atoms with E-state index in [9.17, 15) is 0 Å². The standard InChI is InChI=1S/Ir.H2O4S/c;1-5(2,3)4/h;(H2,1,2,3,4). The van der Waals surface area contributed by atoms with Crippen LogP contribution < -0.4 is 0 Å².